The molecule has 0 heterocycles. The fraction of sp³-hybridized carbons (Fsp3) is 0.333. The van der Waals surface area contributed by atoms with Gasteiger partial charge in [0, 0.05) is 5.56 Å². The Labute approximate surface area is 80.9 Å². The number of nitrogens with zero attached hydrogens (tertiary/aromatic N) is 1. The third kappa shape index (κ3) is 3.43. The van der Waals surface area contributed by atoms with E-state index in [1.807, 2.05) is 6.08 Å². The Hall–Kier alpha value is -1.08. The van der Waals surface area contributed by atoms with Crippen molar-refractivity contribution in [2.75, 3.05) is 21.1 Å². The van der Waals surface area contributed by atoms with Crippen LogP contribution < -0.4 is 0 Å². The number of benzene rings is 1. The zero-order valence-corrected chi connectivity index (χ0v) is 8.75. The molecular formula is C12H18N+. The number of rotatable bonds is 3. The molecule has 0 aliphatic rings. The van der Waals surface area contributed by atoms with Gasteiger partial charge in [-0.1, -0.05) is 36.9 Å². The van der Waals surface area contributed by atoms with E-state index in [2.05, 4.69) is 52.0 Å². The summed E-state index contributed by atoms with van der Waals surface area (Å²) in [6.07, 6.45) is 1.87. The van der Waals surface area contributed by atoms with Crippen molar-refractivity contribution < 1.29 is 4.48 Å². The van der Waals surface area contributed by atoms with Crippen LogP contribution in [0.4, 0.5) is 0 Å². The van der Waals surface area contributed by atoms with Crippen molar-refractivity contribution in [2.45, 2.75) is 6.54 Å². The molecule has 0 aromatic heterocycles. The minimum Gasteiger partial charge on any atom is -0.327 e. The maximum Gasteiger partial charge on any atom is 0.104 e. The third-order valence-electron chi connectivity index (χ3n) is 1.87. The maximum atomic E-state index is 3.73. The van der Waals surface area contributed by atoms with Crippen molar-refractivity contribution in [2.24, 2.45) is 0 Å². The summed E-state index contributed by atoms with van der Waals surface area (Å²) in [5.41, 5.74) is 2.56. The quantitative estimate of drug-likeness (QED) is 0.621. The van der Waals surface area contributed by atoms with Crippen molar-refractivity contribution in [1.82, 2.24) is 0 Å². The lowest BCUT2D eigenvalue weighted by atomic mass is 10.1. The third-order valence-corrected chi connectivity index (χ3v) is 1.87. The Balaban J connectivity index is 2.75. The second-order valence-electron chi connectivity index (χ2n) is 4.39. The van der Waals surface area contributed by atoms with E-state index in [-0.39, 0.29) is 0 Å². The predicted molar refractivity (Wildman–Crippen MR) is 58.3 cm³/mol. The molecule has 0 radical (unpaired) electrons. The van der Waals surface area contributed by atoms with Gasteiger partial charge in [-0.25, -0.2) is 0 Å². The predicted octanol–water partition coefficient (Wildman–Crippen LogP) is 2.54. The smallest absolute Gasteiger partial charge is 0.104 e. The van der Waals surface area contributed by atoms with Crippen LogP contribution in [0.25, 0.3) is 6.08 Å². The van der Waals surface area contributed by atoms with Gasteiger partial charge in [0.1, 0.15) is 6.54 Å². The molecule has 0 bridgehead atoms. The molecule has 0 aliphatic carbocycles. The van der Waals surface area contributed by atoms with E-state index in [0.29, 0.717) is 0 Å². The van der Waals surface area contributed by atoms with E-state index >= 15 is 0 Å². The van der Waals surface area contributed by atoms with E-state index in [1.54, 1.807) is 0 Å². The average Bonchev–Trinajstić information content (AvgIpc) is 2.03. The van der Waals surface area contributed by atoms with Crippen LogP contribution in [0.15, 0.2) is 30.8 Å². The maximum absolute atomic E-state index is 3.73. The number of hydrogen-bond donors (Lipinski definition) is 0. The first kappa shape index (κ1) is 10.0. The Morgan fingerprint density at radius 3 is 2.08 bits per heavy atom. The standard InChI is InChI=1S/C12H18N/c1-5-11-6-8-12(9-7-11)10-13(2,3)4/h5-9H,1,10H2,2-4H3/q+1. The number of quaternary nitrogens is 1. The normalized spacial score (nSPS) is 11.3. The Kier molecular flexibility index (Phi) is 2.89. The van der Waals surface area contributed by atoms with Crippen LogP contribution in [0.1, 0.15) is 11.1 Å². The fourth-order valence-corrected chi connectivity index (χ4v) is 1.31. The second-order valence-corrected chi connectivity index (χ2v) is 4.39. The summed E-state index contributed by atoms with van der Waals surface area (Å²) in [5, 5.41) is 0. The van der Waals surface area contributed by atoms with Gasteiger partial charge >= 0.3 is 0 Å². The van der Waals surface area contributed by atoms with Crippen molar-refractivity contribution in [3.05, 3.63) is 42.0 Å². The molecule has 0 aliphatic heterocycles. The van der Waals surface area contributed by atoms with Crippen molar-refractivity contribution in [1.29, 1.82) is 0 Å². The molecule has 1 aromatic carbocycles. The van der Waals surface area contributed by atoms with Gasteiger partial charge in [0.15, 0.2) is 0 Å². The molecule has 70 valence electrons. The molecule has 1 aromatic rings. The number of hydrogen-bond acceptors (Lipinski definition) is 0. The van der Waals surface area contributed by atoms with Gasteiger partial charge < -0.3 is 4.48 Å². The van der Waals surface area contributed by atoms with Gasteiger partial charge in [-0.2, -0.15) is 0 Å². The van der Waals surface area contributed by atoms with Gasteiger partial charge in [-0.05, 0) is 5.56 Å². The van der Waals surface area contributed by atoms with Crippen LogP contribution in [-0.2, 0) is 6.54 Å². The summed E-state index contributed by atoms with van der Waals surface area (Å²) in [7, 11) is 6.59. The summed E-state index contributed by atoms with van der Waals surface area (Å²) in [6.45, 7) is 4.80. The minimum atomic E-state index is 0.966. The van der Waals surface area contributed by atoms with Gasteiger partial charge in [0.25, 0.3) is 0 Å². The molecule has 0 spiro atoms. The Morgan fingerprint density at radius 2 is 1.69 bits per heavy atom. The lowest BCUT2D eigenvalue weighted by Crippen LogP contribution is -2.33. The van der Waals surface area contributed by atoms with Crippen molar-refractivity contribution >= 4 is 6.08 Å². The van der Waals surface area contributed by atoms with E-state index in [9.17, 15) is 0 Å². The van der Waals surface area contributed by atoms with E-state index < -0.39 is 0 Å². The summed E-state index contributed by atoms with van der Waals surface area (Å²) in [4.78, 5) is 0. The van der Waals surface area contributed by atoms with E-state index in [0.717, 1.165) is 11.0 Å². The molecule has 0 amide bonds. The fourth-order valence-electron chi connectivity index (χ4n) is 1.31. The summed E-state index contributed by atoms with van der Waals surface area (Å²) < 4.78 is 0.966. The Morgan fingerprint density at radius 1 is 1.15 bits per heavy atom. The van der Waals surface area contributed by atoms with Crippen LogP contribution in [0.2, 0.25) is 0 Å². The minimum absolute atomic E-state index is 0.966. The van der Waals surface area contributed by atoms with Crippen LogP contribution in [0, 0.1) is 0 Å². The van der Waals surface area contributed by atoms with Crippen LogP contribution >= 0.6 is 0 Å². The molecule has 0 unspecified atom stereocenters. The molecule has 0 saturated heterocycles. The van der Waals surface area contributed by atoms with Gasteiger partial charge in [-0.3, -0.25) is 0 Å². The molecular weight excluding hydrogens is 158 g/mol. The van der Waals surface area contributed by atoms with Gasteiger partial charge in [-0.15, -0.1) is 0 Å². The van der Waals surface area contributed by atoms with Crippen molar-refractivity contribution in [3.8, 4) is 0 Å². The molecule has 1 nitrogen and oxygen atoms in total. The van der Waals surface area contributed by atoms with E-state index in [4.69, 9.17) is 0 Å². The lowest BCUT2D eigenvalue weighted by molar-refractivity contribution is -0.884. The van der Waals surface area contributed by atoms with E-state index in [1.165, 1.54) is 11.1 Å². The summed E-state index contributed by atoms with van der Waals surface area (Å²) >= 11 is 0. The average molecular weight is 176 g/mol. The topological polar surface area (TPSA) is 0 Å². The lowest BCUT2D eigenvalue weighted by Gasteiger charge is -2.23. The molecule has 0 fully saturated rings. The van der Waals surface area contributed by atoms with Crippen LogP contribution in [-0.4, -0.2) is 25.6 Å². The molecule has 1 rings (SSSR count). The largest absolute Gasteiger partial charge is 0.327 e. The zero-order valence-electron chi connectivity index (χ0n) is 8.75. The molecule has 1 heteroatoms. The Bertz CT molecular complexity index is 277. The highest BCUT2D eigenvalue weighted by Gasteiger charge is 2.07. The molecule has 13 heavy (non-hydrogen) atoms. The molecule has 0 N–H and O–H groups in total. The first-order valence-corrected chi connectivity index (χ1v) is 4.53. The molecule has 0 atom stereocenters. The SMILES string of the molecule is C=Cc1ccc(C[N+](C)(C)C)cc1. The van der Waals surface area contributed by atoms with Crippen LogP contribution in [0.5, 0.6) is 0 Å². The van der Waals surface area contributed by atoms with Gasteiger partial charge in [0.2, 0.25) is 0 Å². The monoisotopic (exact) mass is 176 g/mol. The highest BCUT2D eigenvalue weighted by atomic mass is 15.3. The highest BCUT2D eigenvalue weighted by Crippen LogP contribution is 2.09. The van der Waals surface area contributed by atoms with Crippen LogP contribution in [0.3, 0.4) is 0 Å². The summed E-state index contributed by atoms with van der Waals surface area (Å²) in [6, 6.07) is 8.55. The first-order chi connectivity index (χ1) is 6.01. The second kappa shape index (κ2) is 3.75. The summed E-state index contributed by atoms with van der Waals surface area (Å²) in [5.74, 6) is 0. The van der Waals surface area contributed by atoms with Gasteiger partial charge in [0.05, 0.1) is 21.1 Å². The molecule has 0 saturated carbocycles. The van der Waals surface area contributed by atoms with Crippen molar-refractivity contribution in [3.63, 3.8) is 0 Å². The highest BCUT2D eigenvalue weighted by molar-refractivity contribution is 5.47. The zero-order chi connectivity index (χ0) is 9.90. The first-order valence-electron chi connectivity index (χ1n) is 4.53.